The van der Waals surface area contributed by atoms with E-state index in [4.69, 9.17) is 0 Å². The minimum absolute atomic E-state index is 0. The first-order valence-corrected chi connectivity index (χ1v) is 10.1. The van der Waals surface area contributed by atoms with E-state index in [2.05, 4.69) is 47.2 Å². The van der Waals surface area contributed by atoms with Crippen molar-refractivity contribution in [1.29, 1.82) is 0 Å². The van der Waals surface area contributed by atoms with Crippen molar-refractivity contribution in [3.63, 3.8) is 0 Å². The normalized spacial score (nSPS) is 10.9. The summed E-state index contributed by atoms with van der Waals surface area (Å²) in [5.41, 5.74) is 1.76. The first kappa shape index (κ1) is 23.8. The molecule has 2 rings (SSSR count). The minimum atomic E-state index is -0.0626. The Kier molecular flexibility index (Phi) is 11.5. The van der Waals surface area contributed by atoms with Crippen molar-refractivity contribution in [1.82, 2.24) is 20.9 Å². The van der Waals surface area contributed by atoms with Gasteiger partial charge in [-0.15, -0.1) is 35.3 Å². The lowest BCUT2D eigenvalue weighted by molar-refractivity contribution is 0.0953. The van der Waals surface area contributed by atoms with E-state index in [1.54, 1.807) is 24.5 Å². The van der Waals surface area contributed by atoms with Gasteiger partial charge in [-0.25, -0.2) is 4.98 Å². The Bertz CT molecular complexity index is 753. The summed E-state index contributed by atoms with van der Waals surface area (Å²) in [5.74, 6) is 0.697. The Morgan fingerprint density at radius 2 is 1.96 bits per heavy atom. The van der Waals surface area contributed by atoms with E-state index < -0.39 is 0 Å². The number of thiazole rings is 1. The number of aromatic nitrogens is 1. The molecular formula is C18H25BrIN5OS. The third-order valence-corrected chi connectivity index (χ3v) is 4.90. The number of hydrogen-bond acceptors (Lipinski definition) is 4. The predicted octanol–water partition coefficient (Wildman–Crippen LogP) is 3.36. The van der Waals surface area contributed by atoms with Gasteiger partial charge in [-0.1, -0.05) is 22.0 Å². The molecule has 1 aromatic carbocycles. The summed E-state index contributed by atoms with van der Waals surface area (Å²) in [6.45, 7) is 4.13. The van der Waals surface area contributed by atoms with Crippen LogP contribution in [-0.2, 0) is 6.42 Å². The van der Waals surface area contributed by atoms with Crippen molar-refractivity contribution < 1.29 is 4.79 Å². The number of aliphatic imine (C=N–C) groups is 1. The van der Waals surface area contributed by atoms with E-state index in [0.29, 0.717) is 12.1 Å². The number of rotatable bonds is 8. The number of nitrogens with zero attached hydrogens (tertiary/aromatic N) is 2. The van der Waals surface area contributed by atoms with Crippen LogP contribution >= 0.6 is 51.2 Å². The van der Waals surface area contributed by atoms with Crippen LogP contribution in [0, 0.1) is 6.92 Å². The molecule has 0 fully saturated rings. The summed E-state index contributed by atoms with van der Waals surface area (Å²) in [7, 11) is 1.75. The number of hydrogen-bond donors (Lipinski definition) is 3. The molecule has 1 aromatic heterocycles. The molecule has 1 amide bonds. The largest absolute Gasteiger partial charge is 0.356 e. The zero-order chi connectivity index (χ0) is 18.8. The zero-order valence-corrected chi connectivity index (χ0v) is 20.2. The number of nitrogens with one attached hydrogen (secondary N) is 3. The maximum Gasteiger partial charge on any atom is 0.251 e. The minimum Gasteiger partial charge on any atom is -0.356 e. The van der Waals surface area contributed by atoms with Crippen LogP contribution in [0.15, 0.2) is 39.1 Å². The van der Waals surface area contributed by atoms with Crippen LogP contribution in [0.25, 0.3) is 0 Å². The zero-order valence-electron chi connectivity index (χ0n) is 15.4. The lowest BCUT2D eigenvalue weighted by Crippen LogP contribution is -2.39. The number of halogens is 2. The molecular weight excluding hydrogens is 541 g/mol. The molecule has 0 aliphatic rings. The molecule has 0 radical (unpaired) electrons. The Hall–Kier alpha value is -1.20. The third-order valence-electron chi connectivity index (χ3n) is 3.58. The van der Waals surface area contributed by atoms with Crippen molar-refractivity contribution in [2.75, 3.05) is 26.7 Å². The van der Waals surface area contributed by atoms with E-state index >= 15 is 0 Å². The van der Waals surface area contributed by atoms with Crippen LogP contribution in [0.1, 0.15) is 27.5 Å². The van der Waals surface area contributed by atoms with Gasteiger partial charge in [0.15, 0.2) is 5.96 Å². The van der Waals surface area contributed by atoms with E-state index in [1.165, 1.54) is 0 Å². The fourth-order valence-electron chi connectivity index (χ4n) is 2.28. The van der Waals surface area contributed by atoms with Gasteiger partial charge in [-0.2, -0.15) is 0 Å². The second kappa shape index (κ2) is 13.1. The van der Waals surface area contributed by atoms with E-state index in [1.807, 2.05) is 25.1 Å². The average Bonchev–Trinajstić information content (AvgIpc) is 3.05. The highest BCUT2D eigenvalue weighted by Crippen LogP contribution is 2.11. The fraction of sp³-hybridized carbons (Fsp3) is 0.389. The SMILES string of the molecule is CN=C(NCCCNC(=O)c1cccc(Br)c1)NCCc1csc(C)n1.I. The second-order valence-corrected chi connectivity index (χ2v) is 7.63. The van der Waals surface area contributed by atoms with Gasteiger partial charge in [0, 0.05) is 48.5 Å². The highest BCUT2D eigenvalue weighted by atomic mass is 127. The molecule has 27 heavy (non-hydrogen) atoms. The average molecular weight is 566 g/mol. The number of aryl methyl sites for hydroxylation is 1. The second-order valence-electron chi connectivity index (χ2n) is 5.65. The maximum absolute atomic E-state index is 12.0. The number of carbonyl (C=O) groups is 1. The monoisotopic (exact) mass is 565 g/mol. The van der Waals surface area contributed by atoms with Gasteiger partial charge in [0.05, 0.1) is 10.7 Å². The molecule has 0 saturated carbocycles. The highest BCUT2D eigenvalue weighted by Gasteiger charge is 2.05. The van der Waals surface area contributed by atoms with Gasteiger partial charge < -0.3 is 16.0 Å². The first-order chi connectivity index (χ1) is 12.6. The third kappa shape index (κ3) is 9.02. The van der Waals surface area contributed by atoms with Gasteiger partial charge in [-0.05, 0) is 31.5 Å². The molecule has 0 aliphatic heterocycles. The summed E-state index contributed by atoms with van der Waals surface area (Å²) in [5, 5.41) is 12.6. The summed E-state index contributed by atoms with van der Waals surface area (Å²) in [4.78, 5) is 20.7. The van der Waals surface area contributed by atoms with Gasteiger partial charge in [0.25, 0.3) is 5.91 Å². The summed E-state index contributed by atoms with van der Waals surface area (Å²) >= 11 is 5.04. The number of benzene rings is 1. The quantitative estimate of drug-likeness (QED) is 0.198. The molecule has 0 aliphatic carbocycles. The van der Waals surface area contributed by atoms with Crippen molar-refractivity contribution in [2.24, 2.45) is 4.99 Å². The highest BCUT2D eigenvalue weighted by molar-refractivity contribution is 14.0. The molecule has 1 heterocycles. The lowest BCUT2D eigenvalue weighted by atomic mass is 10.2. The van der Waals surface area contributed by atoms with Crippen molar-refractivity contribution >= 4 is 63.1 Å². The van der Waals surface area contributed by atoms with Gasteiger partial charge in [0.2, 0.25) is 0 Å². The Balaban J connectivity index is 0.00000364. The molecule has 2 aromatic rings. The van der Waals surface area contributed by atoms with Crippen LogP contribution < -0.4 is 16.0 Å². The van der Waals surface area contributed by atoms with Gasteiger partial charge in [-0.3, -0.25) is 9.79 Å². The van der Waals surface area contributed by atoms with Crippen LogP contribution in [0.3, 0.4) is 0 Å². The Morgan fingerprint density at radius 3 is 2.63 bits per heavy atom. The molecule has 3 N–H and O–H groups in total. The van der Waals surface area contributed by atoms with Crippen molar-refractivity contribution in [3.05, 3.63) is 50.4 Å². The topological polar surface area (TPSA) is 78.4 Å². The first-order valence-electron chi connectivity index (χ1n) is 8.48. The molecule has 9 heteroatoms. The molecule has 148 valence electrons. The van der Waals surface area contributed by atoms with Gasteiger partial charge >= 0.3 is 0 Å². The van der Waals surface area contributed by atoms with Crippen LogP contribution in [0.2, 0.25) is 0 Å². The molecule has 0 spiro atoms. The summed E-state index contributed by atoms with van der Waals surface area (Å²) in [6, 6.07) is 7.36. The molecule has 6 nitrogen and oxygen atoms in total. The maximum atomic E-state index is 12.0. The standard InChI is InChI=1S/C18H24BrN5OS.HI/c1-13-24-16(12-26-13)7-10-23-18(20-2)22-9-4-8-21-17(25)14-5-3-6-15(19)11-14;/h3,5-6,11-12H,4,7-10H2,1-2H3,(H,21,25)(H2,20,22,23);1H. The summed E-state index contributed by atoms with van der Waals surface area (Å²) in [6.07, 6.45) is 1.68. The number of guanidine groups is 1. The smallest absolute Gasteiger partial charge is 0.251 e. The number of carbonyl (C=O) groups excluding carboxylic acids is 1. The van der Waals surface area contributed by atoms with Crippen molar-refractivity contribution in [2.45, 2.75) is 19.8 Å². The van der Waals surface area contributed by atoms with Crippen LogP contribution in [0.4, 0.5) is 0 Å². The van der Waals surface area contributed by atoms with E-state index in [9.17, 15) is 4.79 Å². The lowest BCUT2D eigenvalue weighted by Gasteiger charge is -2.11. The molecule has 0 unspecified atom stereocenters. The Labute approximate surface area is 189 Å². The van der Waals surface area contributed by atoms with E-state index in [-0.39, 0.29) is 29.9 Å². The molecule has 0 saturated heterocycles. The van der Waals surface area contributed by atoms with E-state index in [0.717, 1.165) is 47.1 Å². The number of amides is 1. The summed E-state index contributed by atoms with van der Waals surface area (Å²) < 4.78 is 0.898. The van der Waals surface area contributed by atoms with Crippen molar-refractivity contribution in [3.8, 4) is 0 Å². The fourth-order valence-corrected chi connectivity index (χ4v) is 3.33. The van der Waals surface area contributed by atoms with Crippen LogP contribution in [-0.4, -0.2) is 43.5 Å². The predicted molar refractivity (Wildman–Crippen MR) is 126 cm³/mol. The van der Waals surface area contributed by atoms with Crippen LogP contribution in [0.5, 0.6) is 0 Å². The molecule has 0 atom stereocenters. The van der Waals surface area contributed by atoms with Gasteiger partial charge in [0.1, 0.15) is 0 Å². The molecule has 0 bridgehead atoms. The Morgan fingerprint density at radius 1 is 1.22 bits per heavy atom.